The summed E-state index contributed by atoms with van der Waals surface area (Å²) in [4.78, 5) is 11.6. The SMILES string of the molecule is CNCCNC(=O)C(C)NS(=O)(=O)c1cccs1.Cl. The third kappa shape index (κ3) is 5.87. The molecule has 0 radical (unpaired) electrons. The Hall–Kier alpha value is -0.670. The average Bonchev–Trinajstić information content (AvgIpc) is 2.82. The molecular weight excluding hydrogens is 310 g/mol. The summed E-state index contributed by atoms with van der Waals surface area (Å²) in [5.41, 5.74) is 0. The molecule has 1 heterocycles. The van der Waals surface area contributed by atoms with Gasteiger partial charge in [-0.05, 0) is 25.4 Å². The number of halogens is 1. The minimum Gasteiger partial charge on any atom is -0.353 e. The molecule has 19 heavy (non-hydrogen) atoms. The van der Waals surface area contributed by atoms with Crippen molar-refractivity contribution in [2.45, 2.75) is 17.2 Å². The van der Waals surface area contributed by atoms with Gasteiger partial charge in [-0.3, -0.25) is 4.79 Å². The second-order valence-electron chi connectivity index (χ2n) is 3.67. The highest BCUT2D eigenvalue weighted by Gasteiger charge is 2.22. The van der Waals surface area contributed by atoms with E-state index in [4.69, 9.17) is 0 Å². The number of amides is 1. The number of carbonyl (C=O) groups is 1. The zero-order chi connectivity index (χ0) is 13.6. The minimum atomic E-state index is -3.60. The maximum atomic E-state index is 11.8. The molecule has 6 nitrogen and oxygen atoms in total. The summed E-state index contributed by atoms with van der Waals surface area (Å²) in [5.74, 6) is -0.342. The molecule has 1 amide bonds. The van der Waals surface area contributed by atoms with E-state index in [-0.39, 0.29) is 22.5 Å². The Labute approximate surface area is 123 Å². The van der Waals surface area contributed by atoms with Crippen LogP contribution in [0, 0.1) is 0 Å². The standard InChI is InChI=1S/C10H17N3O3S2.ClH/c1-8(10(14)12-6-5-11-2)13-18(15,16)9-4-3-7-17-9;/h3-4,7-8,11,13H,5-6H2,1-2H3,(H,12,14);1H. The molecule has 0 spiro atoms. The monoisotopic (exact) mass is 327 g/mol. The van der Waals surface area contributed by atoms with Crippen LogP contribution in [-0.2, 0) is 14.8 Å². The molecule has 0 bridgehead atoms. The van der Waals surface area contributed by atoms with Crippen LogP contribution in [0.1, 0.15) is 6.92 Å². The highest BCUT2D eigenvalue weighted by Crippen LogP contribution is 2.15. The average molecular weight is 328 g/mol. The second kappa shape index (κ2) is 8.49. The number of hydrogen-bond acceptors (Lipinski definition) is 5. The van der Waals surface area contributed by atoms with Crippen LogP contribution in [0.15, 0.2) is 21.7 Å². The lowest BCUT2D eigenvalue weighted by molar-refractivity contribution is -0.122. The molecule has 0 saturated heterocycles. The van der Waals surface area contributed by atoms with Gasteiger partial charge in [-0.2, -0.15) is 4.72 Å². The van der Waals surface area contributed by atoms with Crippen LogP contribution in [0.2, 0.25) is 0 Å². The Kier molecular flexibility index (Phi) is 8.19. The molecule has 0 aliphatic carbocycles. The highest BCUT2D eigenvalue weighted by molar-refractivity contribution is 7.91. The van der Waals surface area contributed by atoms with E-state index < -0.39 is 16.1 Å². The fourth-order valence-corrected chi connectivity index (χ4v) is 3.44. The van der Waals surface area contributed by atoms with Gasteiger partial charge in [-0.25, -0.2) is 8.42 Å². The number of rotatable bonds is 7. The van der Waals surface area contributed by atoms with Crippen LogP contribution in [0.5, 0.6) is 0 Å². The van der Waals surface area contributed by atoms with Gasteiger partial charge in [0.25, 0.3) is 10.0 Å². The number of carbonyl (C=O) groups excluding carboxylic acids is 1. The van der Waals surface area contributed by atoms with Gasteiger partial charge in [0.05, 0.1) is 6.04 Å². The van der Waals surface area contributed by atoms with Gasteiger partial charge in [0, 0.05) is 13.1 Å². The lowest BCUT2D eigenvalue weighted by atomic mass is 10.3. The number of sulfonamides is 1. The zero-order valence-electron chi connectivity index (χ0n) is 10.7. The number of thiophene rings is 1. The van der Waals surface area contributed by atoms with E-state index >= 15 is 0 Å². The van der Waals surface area contributed by atoms with Crippen molar-refractivity contribution in [2.24, 2.45) is 0 Å². The Morgan fingerprint density at radius 1 is 1.42 bits per heavy atom. The van der Waals surface area contributed by atoms with E-state index in [0.717, 1.165) is 11.3 Å². The van der Waals surface area contributed by atoms with E-state index in [1.165, 1.54) is 13.0 Å². The molecule has 0 aliphatic rings. The molecule has 1 aromatic heterocycles. The first-order chi connectivity index (χ1) is 8.47. The van der Waals surface area contributed by atoms with Crippen LogP contribution >= 0.6 is 23.7 Å². The maximum absolute atomic E-state index is 11.8. The van der Waals surface area contributed by atoms with Crippen molar-refractivity contribution in [1.29, 1.82) is 0 Å². The first kappa shape index (κ1) is 18.3. The lowest BCUT2D eigenvalue weighted by Crippen LogP contribution is -2.45. The Morgan fingerprint density at radius 2 is 2.11 bits per heavy atom. The minimum absolute atomic E-state index is 0. The summed E-state index contributed by atoms with van der Waals surface area (Å²) in [7, 11) is -1.83. The maximum Gasteiger partial charge on any atom is 0.250 e. The van der Waals surface area contributed by atoms with Crippen molar-refractivity contribution in [3.63, 3.8) is 0 Å². The smallest absolute Gasteiger partial charge is 0.250 e. The highest BCUT2D eigenvalue weighted by atomic mass is 35.5. The first-order valence-electron chi connectivity index (χ1n) is 5.45. The van der Waals surface area contributed by atoms with Gasteiger partial charge in [-0.15, -0.1) is 23.7 Å². The van der Waals surface area contributed by atoms with E-state index in [0.29, 0.717) is 13.1 Å². The van der Waals surface area contributed by atoms with Gasteiger partial charge >= 0.3 is 0 Å². The molecule has 0 aromatic carbocycles. The van der Waals surface area contributed by atoms with Crippen LogP contribution in [0.25, 0.3) is 0 Å². The van der Waals surface area contributed by atoms with Crippen LogP contribution in [0.3, 0.4) is 0 Å². The largest absolute Gasteiger partial charge is 0.353 e. The molecule has 1 unspecified atom stereocenters. The van der Waals surface area contributed by atoms with E-state index in [9.17, 15) is 13.2 Å². The second-order valence-corrected chi connectivity index (χ2v) is 6.56. The van der Waals surface area contributed by atoms with Crippen molar-refractivity contribution in [1.82, 2.24) is 15.4 Å². The Morgan fingerprint density at radius 3 is 2.63 bits per heavy atom. The third-order valence-electron chi connectivity index (χ3n) is 2.16. The predicted octanol–water partition coefficient (Wildman–Crippen LogP) is 0.172. The number of likely N-dealkylation sites (N-methyl/N-ethyl adjacent to an activating group) is 1. The predicted molar refractivity (Wildman–Crippen MR) is 78.3 cm³/mol. The molecule has 1 atom stereocenters. The van der Waals surface area contributed by atoms with Gasteiger partial charge in [-0.1, -0.05) is 6.07 Å². The molecule has 0 aliphatic heterocycles. The van der Waals surface area contributed by atoms with Crippen molar-refractivity contribution in [3.8, 4) is 0 Å². The van der Waals surface area contributed by atoms with Crippen LogP contribution < -0.4 is 15.4 Å². The summed E-state index contributed by atoms with van der Waals surface area (Å²) >= 11 is 1.11. The molecule has 3 N–H and O–H groups in total. The van der Waals surface area contributed by atoms with E-state index in [1.807, 2.05) is 0 Å². The summed E-state index contributed by atoms with van der Waals surface area (Å²) < 4.78 is 26.2. The van der Waals surface area contributed by atoms with Crippen molar-refractivity contribution in [2.75, 3.05) is 20.1 Å². The molecule has 9 heteroatoms. The van der Waals surface area contributed by atoms with Crippen molar-refractivity contribution in [3.05, 3.63) is 17.5 Å². The van der Waals surface area contributed by atoms with E-state index in [2.05, 4.69) is 15.4 Å². The molecule has 0 saturated carbocycles. The summed E-state index contributed by atoms with van der Waals surface area (Å²) in [6.07, 6.45) is 0. The van der Waals surface area contributed by atoms with Gasteiger partial charge < -0.3 is 10.6 Å². The lowest BCUT2D eigenvalue weighted by Gasteiger charge is -2.13. The summed E-state index contributed by atoms with van der Waals surface area (Å²) in [6, 6.07) is 2.35. The fraction of sp³-hybridized carbons (Fsp3) is 0.500. The van der Waals surface area contributed by atoms with Gasteiger partial charge in [0.15, 0.2) is 0 Å². The molecule has 1 rings (SSSR count). The summed E-state index contributed by atoms with van der Waals surface area (Å²) in [6.45, 7) is 2.61. The zero-order valence-corrected chi connectivity index (χ0v) is 13.1. The quantitative estimate of drug-likeness (QED) is 0.623. The van der Waals surface area contributed by atoms with Crippen LogP contribution in [0.4, 0.5) is 0 Å². The molecule has 1 aromatic rings. The van der Waals surface area contributed by atoms with Crippen LogP contribution in [-0.4, -0.2) is 40.5 Å². The van der Waals surface area contributed by atoms with Crippen molar-refractivity contribution >= 4 is 39.7 Å². The normalized spacial score (nSPS) is 12.5. The molecule has 110 valence electrons. The summed E-state index contributed by atoms with van der Waals surface area (Å²) in [5, 5.41) is 7.18. The Bertz CT molecular complexity index is 476. The first-order valence-corrected chi connectivity index (χ1v) is 7.82. The van der Waals surface area contributed by atoms with Gasteiger partial charge in [0.2, 0.25) is 5.91 Å². The molecule has 0 fully saturated rings. The van der Waals surface area contributed by atoms with Gasteiger partial charge in [0.1, 0.15) is 4.21 Å². The fourth-order valence-electron chi connectivity index (χ4n) is 1.22. The number of hydrogen-bond donors (Lipinski definition) is 3. The number of nitrogens with one attached hydrogen (secondary N) is 3. The molecular formula is C10H18ClN3O3S2. The van der Waals surface area contributed by atoms with Crippen molar-refractivity contribution < 1.29 is 13.2 Å². The Balaban J connectivity index is 0.00000324. The third-order valence-corrected chi connectivity index (χ3v) is 5.10. The topological polar surface area (TPSA) is 87.3 Å². The van der Waals surface area contributed by atoms with E-state index in [1.54, 1.807) is 18.5 Å².